The Hall–Kier alpha value is -2.38. The van der Waals surface area contributed by atoms with E-state index in [2.05, 4.69) is 28.9 Å². The number of nitrogens with zero attached hydrogens (tertiary/aromatic N) is 4. The molecule has 2 unspecified atom stereocenters. The van der Waals surface area contributed by atoms with E-state index in [1.165, 1.54) is 6.07 Å². The minimum absolute atomic E-state index is 0.109. The number of pyridine rings is 1. The first-order valence-corrected chi connectivity index (χ1v) is 6.34. The van der Waals surface area contributed by atoms with Crippen LogP contribution in [0.1, 0.15) is 26.0 Å². The summed E-state index contributed by atoms with van der Waals surface area (Å²) in [5.41, 5.74) is 5.09. The lowest BCUT2D eigenvalue weighted by Gasteiger charge is -2.22. The van der Waals surface area contributed by atoms with Gasteiger partial charge in [-0.25, -0.2) is 4.98 Å². The Labute approximate surface area is 116 Å². The molecule has 0 amide bonds. The van der Waals surface area contributed by atoms with Crippen LogP contribution in [-0.4, -0.2) is 33.5 Å². The molecular formula is C12H17N5O3. The van der Waals surface area contributed by atoms with Crippen molar-refractivity contribution in [1.82, 2.24) is 4.98 Å². The zero-order chi connectivity index (χ0) is 14.9. The average molecular weight is 279 g/mol. The maximum atomic E-state index is 11.0. The summed E-state index contributed by atoms with van der Waals surface area (Å²) in [5.74, 6) is 0.779. The molecule has 0 aromatic carbocycles. The number of oxime groups is 1. The van der Waals surface area contributed by atoms with Crippen LogP contribution < -0.4 is 10.6 Å². The van der Waals surface area contributed by atoms with Crippen LogP contribution in [0.4, 0.5) is 11.5 Å². The Morgan fingerprint density at radius 3 is 2.80 bits per heavy atom. The van der Waals surface area contributed by atoms with Gasteiger partial charge in [-0.15, -0.1) is 0 Å². The number of hydrogen-bond donors (Lipinski definition) is 2. The van der Waals surface area contributed by atoms with E-state index in [9.17, 15) is 10.1 Å². The molecule has 20 heavy (non-hydrogen) atoms. The molecule has 2 rings (SSSR count). The Morgan fingerprint density at radius 2 is 2.30 bits per heavy atom. The van der Waals surface area contributed by atoms with Crippen LogP contribution in [0.3, 0.4) is 0 Å². The summed E-state index contributed by atoms with van der Waals surface area (Å²) in [6.07, 6.45) is 1.04. The van der Waals surface area contributed by atoms with Crippen LogP contribution in [0.5, 0.6) is 0 Å². The molecule has 108 valence electrons. The first kappa shape index (κ1) is 14.0. The molecule has 0 bridgehead atoms. The lowest BCUT2D eigenvalue weighted by molar-refractivity contribution is -0.385. The van der Waals surface area contributed by atoms with Gasteiger partial charge in [0.15, 0.2) is 11.5 Å². The fraction of sp³-hybridized carbons (Fsp3) is 0.500. The second kappa shape index (κ2) is 5.32. The number of amidine groups is 1. The molecule has 1 aliphatic rings. The highest BCUT2D eigenvalue weighted by Gasteiger charge is 2.29. The number of anilines is 1. The van der Waals surface area contributed by atoms with E-state index in [4.69, 9.17) is 10.9 Å². The van der Waals surface area contributed by atoms with Crippen LogP contribution in [0.2, 0.25) is 0 Å². The number of nitrogens with two attached hydrogens (primary N) is 1. The summed E-state index contributed by atoms with van der Waals surface area (Å²) in [6, 6.07) is 3.24. The van der Waals surface area contributed by atoms with Crippen LogP contribution in [-0.2, 0) is 0 Å². The Morgan fingerprint density at radius 1 is 1.60 bits per heavy atom. The zero-order valence-corrected chi connectivity index (χ0v) is 11.4. The number of rotatable bonds is 3. The van der Waals surface area contributed by atoms with Gasteiger partial charge >= 0.3 is 0 Å². The Kier molecular flexibility index (Phi) is 3.73. The van der Waals surface area contributed by atoms with Crippen LogP contribution >= 0.6 is 0 Å². The zero-order valence-electron chi connectivity index (χ0n) is 11.4. The van der Waals surface area contributed by atoms with Gasteiger partial charge in [-0.1, -0.05) is 12.1 Å². The highest BCUT2D eigenvalue weighted by Crippen LogP contribution is 2.29. The van der Waals surface area contributed by atoms with Gasteiger partial charge in [-0.05, 0) is 25.3 Å². The third-order valence-corrected chi connectivity index (χ3v) is 3.48. The van der Waals surface area contributed by atoms with Gasteiger partial charge < -0.3 is 15.8 Å². The van der Waals surface area contributed by atoms with Crippen molar-refractivity contribution in [2.24, 2.45) is 16.8 Å². The molecule has 2 heterocycles. The fourth-order valence-corrected chi connectivity index (χ4v) is 2.60. The smallest absolute Gasteiger partial charge is 0.298 e. The lowest BCUT2D eigenvalue weighted by atomic mass is 10.1. The van der Waals surface area contributed by atoms with Crippen molar-refractivity contribution in [2.45, 2.75) is 26.3 Å². The molecule has 1 aromatic rings. The third kappa shape index (κ3) is 2.49. The number of nitro groups is 1. The molecule has 3 N–H and O–H groups in total. The van der Waals surface area contributed by atoms with Crippen molar-refractivity contribution in [3.8, 4) is 0 Å². The average Bonchev–Trinajstić information content (AvgIpc) is 2.76. The fourth-order valence-electron chi connectivity index (χ4n) is 2.60. The van der Waals surface area contributed by atoms with Crippen LogP contribution in [0.25, 0.3) is 0 Å². The van der Waals surface area contributed by atoms with E-state index in [1.807, 2.05) is 0 Å². The van der Waals surface area contributed by atoms with Gasteiger partial charge in [0.2, 0.25) is 0 Å². The van der Waals surface area contributed by atoms with Gasteiger partial charge in [0.05, 0.1) is 4.92 Å². The molecule has 1 saturated heterocycles. The number of aromatic nitrogens is 1. The highest BCUT2D eigenvalue weighted by atomic mass is 16.6. The van der Waals surface area contributed by atoms with Crippen molar-refractivity contribution in [3.05, 3.63) is 27.9 Å². The molecular weight excluding hydrogens is 262 g/mol. The minimum atomic E-state index is -0.597. The van der Waals surface area contributed by atoms with Crippen molar-refractivity contribution >= 4 is 17.3 Å². The van der Waals surface area contributed by atoms with Crippen LogP contribution in [0, 0.1) is 16.0 Å². The molecule has 0 radical (unpaired) electrons. The van der Waals surface area contributed by atoms with Crippen molar-refractivity contribution in [1.29, 1.82) is 0 Å². The standard InChI is InChI=1S/C12H17N5O3/c1-7-5-8(2)16(6-7)10-4-3-9(17(19)20)11(14-10)12(13)15-18/h3-4,7-8,18H,5-6H2,1-2H3,(H2,13,15). The maximum Gasteiger partial charge on any atom is 0.298 e. The van der Waals surface area contributed by atoms with Gasteiger partial charge in [0.1, 0.15) is 5.82 Å². The second-order valence-corrected chi connectivity index (χ2v) is 5.12. The molecule has 1 aromatic heterocycles. The van der Waals surface area contributed by atoms with Gasteiger partial charge in [0.25, 0.3) is 5.69 Å². The normalized spacial score (nSPS) is 23.1. The van der Waals surface area contributed by atoms with E-state index in [0.717, 1.165) is 13.0 Å². The second-order valence-electron chi connectivity index (χ2n) is 5.12. The summed E-state index contributed by atoms with van der Waals surface area (Å²) >= 11 is 0. The van der Waals surface area contributed by atoms with Gasteiger partial charge in [-0.3, -0.25) is 10.1 Å². The van der Waals surface area contributed by atoms with E-state index in [0.29, 0.717) is 17.8 Å². The summed E-state index contributed by atoms with van der Waals surface area (Å²) in [5, 5.41) is 22.5. The first-order valence-electron chi connectivity index (χ1n) is 6.34. The van der Waals surface area contributed by atoms with Crippen molar-refractivity contribution in [3.63, 3.8) is 0 Å². The number of hydrogen-bond acceptors (Lipinski definition) is 6. The van der Waals surface area contributed by atoms with E-state index in [-0.39, 0.29) is 17.2 Å². The quantitative estimate of drug-likeness (QED) is 0.283. The summed E-state index contributed by atoms with van der Waals surface area (Å²) in [6.45, 7) is 5.06. The molecule has 8 heteroatoms. The molecule has 0 saturated carbocycles. The molecule has 0 spiro atoms. The molecule has 1 fully saturated rings. The van der Waals surface area contributed by atoms with Crippen LogP contribution in [0.15, 0.2) is 17.3 Å². The SMILES string of the molecule is CC1CC(C)N(c2ccc([N+](=O)[O-])c(/C(N)=N/O)n2)C1. The molecule has 0 aliphatic carbocycles. The lowest BCUT2D eigenvalue weighted by Crippen LogP contribution is -2.28. The Balaban J connectivity index is 2.45. The molecule has 1 aliphatic heterocycles. The Bertz CT molecular complexity index is 560. The third-order valence-electron chi connectivity index (χ3n) is 3.48. The summed E-state index contributed by atoms with van der Waals surface area (Å²) in [7, 11) is 0. The predicted molar refractivity (Wildman–Crippen MR) is 74.0 cm³/mol. The summed E-state index contributed by atoms with van der Waals surface area (Å²) < 4.78 is 0. The maximum absolute atomic E-state index is 11.0. The summed E-state index contributed by atoms with van der Waals surface area (Å²) in [4.78, 5) is 16.6. The van der Waals surface area contributed by atoms with Crippen molar-refractivity contribution < 1.29 is 10.1 Å². The monoisotopic (exact) mass is 279 g/mol. The molecule has 8 nitrogen and oxygen atoms in total. The van der Waals surface area contributed by atoms with E-state index < -0.39 is 4.92 Å². The topological polar surface area (TPSA) is 118 Å². The van der Waals surface area contributed by atoms with Gasteiger partial charge in [-0.2, -0.15) is 0 Å². The first-order chi connectivity index (χ1) is 9.43. The highest BCUT2D eigenvalue weighted by molar-refractivity contribution is 5.99. The van der Waals surface area contributed by atoms with Gasteiger partial charge in [0, 0.05) is 18.7 Å². The van der Waals surface area contributed by atoms with E-state index in [1.54, 1.807) is 6.07 Å². The van der Waals surface area contributed by atoms with Crippen molar-refractivity contribution in [2.75, 3.05) is 11.4 Å². The van der Waals surface area contributed by atoms with E-state index >= 15 is 0 Å². The largest absolute Gasteiger partial charge is 0.409 e. The molecule has 2 atom stereocenters. The minimum Gasteiger partial charge on any atom is -0.409 e. The predicted octanol–water partition coefficient (Wildman–Crippen LogP) is 1.32.